The van der Waals surface area contributed by atoms with E-state index in [4.69, 9.17) is 14.2 Å². The number of carbonyl (C=O) groups excluding carboxylic acids is 3. The van der Waals surface area contributed by atoms with Gasteiger partial charge in [0.05, 0.1) is 21.3 Å². The highest BCUT2D eigenvalue weighted by Gasteiger charge is 2.44. The molecule has 12 nitrogen and oxygen atoms in total. The second-order valence-electron chi connectivity index (χ2n) is 11.6. The second kappa shape index (κ2) is 13.0. The van der Waals surface area contributed by atoms with Crippen LogP contribution in [0.1, 0.15) is 60.3 Å². The number of nitrogens with zero attached hydrogens (tertiary/aromatic N) is 5. The molecule has 228 valence electrons. The fourth-order valence-electron chi connectivity index (χ4n) is 6.85. The van der Waals surface area contributed by atoms with Crippen LogP contribution in [0.15, 0.2) is 12.1 Å². The summed E-state index contributed by atoms with van der Waals surface area (Å²) in [6.45, 7) is 2.24. The number of amides is 3. The van der Waals surface area contributed by atoms with Crippen LogP contribution in [0.2, 0.25) is 0 Å². The smallest absolute Gasteiger partial charge is 0.314 e. The van der Waals surface area contributed by atoms with E-state index in [1.807, 2.05) is 15.9 Å². The van der Waals surface area contributed by atoms with Gasteiger partial charge in [-0.25, -0.2) is 4.68 Å². The zero-order valence-electron chi connectivity index (χ0n) is 25.1. The lowest BCUT2D eigenvalue weighted by Gasteiger charge is -2.50. The lowest BCUT2D eigenvalue weighted by atomic mass is 9.77. The van der Waals surface area contributed by atoms with Gasteiger partial charge in [0.2, 0.25) is 17.6 Å². The van der Waals surface area contributed by atoms with E-state index in [0.717, 1.165) is 36.8 Å². The monoisotopic (exact) mass is 582 g/mol. The molecule has 2 fully saturated rings. The van der Waals surface area contributed by atoms with Gasteiger partial charge in [-0.1, -0.05) is 6.07 Å². The molecule has 4 bridgehead atoms. The van der Waals surface area contributed by atoms with Crippen molar-refractivity contribution in [2.75, 3.05) is 47.5 Å². The molecule has 3 aliphatic rings. The number of methoxy groups -OCH3 is 3. The maximum Gasteiger partial charge on any atom is 0.314 e. The Morgan fingerprint density at radius 1 is 0.976 bits per heavy atom. The fourth-order valence-corrected chi connectivity index (χ4v) is 6.85. The molecule has 0 aliphatic carbocycles. The minimum atomic E-state index is -0.222. The molecule has 1 aromatic heterocycles. The van der Waals surface area contributed by atoms with Crippen molar-refractivity contribution in [1.29, 1.82) is 0 Å². The third-order valence-corrected chi connectivity index (χ3v) is 8.77. The summed E-state index contributed by atoms with van der Waals surface area (Å²) in [5, 5.41) is 7.29. The zero-order valence-corrected chi connectivity index (χ0v) is 25.1. The van der Waals surface area contributed by atoms with E-state index in [-0.39, 0.29) is 47.4 Å². The highest BCUT2D eigenvalue weighted by Crippen LogP contribution is 2.37. The van der Waals surface area contributed by atoms with Gasteiger partial charge in [-0.15, -0.1) is 5.10 Å². The molecule has 3 atom stereocenters. The minimum Gasteiger partial charge on any atom is -0.493 e. The van der Waals surface area contributed by atoms with Crippen LogP contribution in [0.5, 0.6) is 17.5 Å². The standard InChI is InChI=1S/C30H42N6O6/c1-34-30(42-4)32-28(33-34)29(39)35-16-20-14-22(18-35)23-8-5-9-25(37)31-12-6-7-21-13-19(10-11-26(38)36(23)17-20)15-24(40-2)27(21)41-3/h13,15,20,22-23H,5-12,14,16-18H2,1-4H3,(H,31,37)/t20-,22+,23-/m0/s1. The maximum atomic E-state index is 13.8. The Balaban J connectivity index is 1.36. The third-order valence-electron chi connectivity index (χ3n) is 8.77. The average molecular weight is 583 g/mol. The molecular formula is C30H42N6O6. The van der Waals surface area contributed by atoms with Crippen molar-refractivity contribution >= 4 is 17.7 Å². The number of piperidine rings is 2. The van der Waals surface area contributed by atoms with Gasteiger partial charge in [0, 0.05) is 52.1 Å². The Labute approximate surface area is 246 Å². The van der Waals surface area contributed by atoms with Crippen LogP contribution in [0.4, 0.5) is 0 Å². The number of rotatable bonds is 4. The lowest BCUT2D eigenvalue weighted by molar-refractivity contribution is -0.140. The highest BCUT2D eigenvalue weighted by molar-refractivity contribution is 5.90. The minimum absolute atomic E-state index is 0.0163. The number of ether oxygens (including phenoxy) is 3. The number of carbonyl (C=O) groups is 3. The van der Waals surface area contributed by atoms with Crippen molar-refractivity contribution in [3.05, 3.63) is 29.1 Å². The molecule has 0 saturated carbocycles. The quantitative estimate of drug-likeness (QED) is 0.580. The van der Waals surface area contributed by atoms with E-state index in [1.165, 1.54) is 11.8 Å². The van der Waals surface area contributed by atoms with Gasteiger partial charge in [-0.3, -0.25) is 14.4 Å². The second-order valence-corrected chi connectivity index (χ2v) is 11.6. The molecule has 1 N–H and O–H groups in total. The van der Waals surface area contributed by atoms with Crippen molar-refractivity contribution in [2.45, 2.75) is 57.4 Å². The number of hydrogen-bond acceptors (Lipinski definition) is 8. The molecule has 0 radical (unpaired) electrons. The summed E-state index contributed by atoms with van der Waals surface area (Å²) < 4.78 is 17.9. The summed E-state index contributed by atoms with van der Waals surface area (Å²) in [5.41, 5.74) is 2.03. The van der Waals surface area contributed by atoms with Gasteiger partial charge in [-0.05, 0) is 67.6 Å². The summed E-state index contributed by atoms with van der Waals surface area (Å²) in [7, 11) is 6.43. The molecule has 3 amide bonds. The van der Waals surface area contributed by atoms with E-state index >= 15 is 0 Å². The van der Waals surface area contributed by atoms with Crippen LogP contribution < -0.4 is 19.5 Å². The Hall–Kier alpha value is -3.83. The number of aromatic nitrogens is 3. The topological polar surface area (TPSA) is 128 Å². The summed E-state index contributed by atoms with van der Waals surface area (Å²) in [6.07, 6.45) is 5.23. The van der Waals surface area contributed by atoms with Crippen molar-refractivity contribution in [2.24, 2.45) is 18.9 Å². The molecule has 42 heavy (non-hydrogen) atoms. The summed E-state index contributed by atoms with van der Waals surface area (Å²) in [5.74, 6) is 1.65. The Kier molecular flexibility index (Phi) is 9.18. The fraction of sp³-hybridized carbons (Fsp3) is 0.633. The first-order chi connectivity index (χ1) is 20.3. The first kappa shape index (κ1) is 29.7. The van der Waals surface area contributed by atoms with Crippen LogP contribution >= 0.6 is 0 Å². The molecule has 5 rings (SSSR count). The number of aryl methyl sites for hydroxylation is 3. The highest BCUT2D eigenvalue weighted by atomic mass is 16.5. The van der Waals surface area contributed by atoms with Gasteiger partial charge in [0.1, 0.15) is 0 Å². The molecule has 0 spiro atoms. The van der Waals surface area contributed by atoms with Crippen LogP contribution in [0.25, 0.3) is 0 Å². The molecule has 3 aliphatic heterocycles. The molecule has 12 heteroatoms. The number of benzene rings is 1. The molecule has 0 unspecified atom stereocenters. The van der Waals surface area contributed by atoms with Crippen LogP contribution in [-0.4, -0.2) is 95.8 Å². The predicted molar refractivity (Wildman–Crippen MR) is 154 cm³/mol. The largest absolute Gasteiger partial charge is 0.493 e. The number of fused-ring (bicyclic) bond motifs is 6. The Bertz CT molecular complexity index is 1310. The van der Waals surface area contributed by atoms with E-state index in [0.29, 0.717) is 63.4 Å². The van der Waals surface area contributed by atoms with Gasteiger partial charge in [0.15, 0.2) is 11.5 Å². The molecular weight excluding hydrogens is 540 g/mol. The molecule has 2 saturated heterocycles. The van der Waals surface area contributed by atoms with E-state index in [9.17, 15) is 14.4 Å². The van der Waals surface area contributed by atoms with Gasteiger partial charge in [-0.2, -0.15) is 4.98 Å². The number of nitrogens with one attached hydrogen (secondary N) is 1. The summed E-state index contributed by atoms with van der Waals surface area (Å²) >= 11 is 0. The predicted octanol–water partition coefficient (Wildman–Crippen LogP) is 2.00. The summed E-state index contributed by atoms with van der Waals surface area (Å²) in [6, 6.07) is 4.28. The lowest BCUT2D eigenvalue weighted by Crippen LogP contribution is -2.60. The Morgan fingerprint density at radius 2 is 1.81 bits per heavy atom. The van der Waals surface area contributed by atoms with E-state index in [2.05, 4.69) is 21.5 Å². The van der Waals surface area contributed by atoms with Crippen molar-refractivity contribution in [3.63, 3.8) is 0 Å². The molecule has 2 aromatic rings. The number of hydrogen-bond donors (Lipinski definition) is 1. The van der Waals surface area contributed by atoms with Gasteiger partial charge >= 0.3 is 6.01 Å². The van der Waals surface area contributed by atoms with Gasteiger partial charge in [0.25, 0.3) is 5.91 Å². The maximum absolute atomic E-state index is 13.8. The number of likely N-dealkylation sites (tertiary alicyclic amines) is 1. The van der Waals surface area contributed by atoms with Gasteiger partial charge < -0.3 is 29.3 Å². The first-order valence-corrected chi connectivity index (χ1v) is 14.9. The summed E-state index contributed by atoms with van der Waals surface area (Å²) in [4.78, 5) is 47.9. The zero-order chi connectivity index (χ0) is 29.8. The van der Waals surface area contributed by atoms with E-state index < -0.39 is 0 Å². The molecule has 1 aromatic carbocycles. The Morgan fingerprint density at radius 3 is 2.55 bits per heavy atom. The van der Waals surface area contributed by atoms with Crippen LogP contribution in [-0.2, 0) is 29.5 Å². The molecule has 4 heterocycles. The van der Waals surface area contributed by atoms with Crippen molar-refractivity contribution in [3.8, 4) is 17.5 Å². The normalized spacial score (nSPS) is 23.6. The first-order valence-electron chi connectivity index (χ1n) is 14.9. The van der Waals surface area contributed by atoms with E-state index in [1.54, 1.807) is 21.3 Å². The SMILES string of the molecule is COc1cc2cc(c1OC)CCCNC(=O)CCC[C@H]1[C@@H]3C[C@@H](CN(C(=O)c4nc(OC)n(C)n4)C3)CN1C(=O)CC2. The third kappa shape index (κ3) is 6.32. The average Bonchev–Trinajstić information content (AvgIpc) is 3.37. The van der Waals surface area contributed by atoms with Crippen molar-refractivity contribution < 1.29 is 28.6 Å². The van der Waals surface area contributed by atoms with Crippen LogP contribution in [0, 0.1) is 11.8 Å². The van der Waals surface area contributed by atoms with Crippen molar-refractivity contribution in [1.82, 2.24) is 29.9 Å². The van der Waals surface area contributed by atoms with Crippen LogP contribution in [0.3, 0.4) is 0 Å².